The van der Waals surface area contributed by atoms with Gasteiger partial charge in [-0.3, -0.25) is 4.79 Å². The summed E-state index contributed by atoms with van der Waals surface area (Å²) < 4.78 is 32.1. The first-order valence-electron chi connectivity index (χ1n) is 11.4. The van der Waals surface area contributed by atoms with Crippen LogP contribution in [-0.4, -0.2) is 52.6 Å². The number of rotatable bonds is 7. The molecule has 2 fully saturated rings. The number of ether oxygens (including phenoxy) is 1. The number of piperidine rings is 1. The predicted molar refractivity (Wildman–Crippen MR) is 125 cm³/mol. The molecule has 1 aliphatic heterocycles. The third-order valence-electron chi connectivity index (χ3n) is 7.66. The fourth-order valence-corrected chi connectivity index (χ4v) is 6.46. The van der Waals surface area contributed by atoms with Crippen molar-refractivity contribution in [1.82, 2.24) is 9.88 Å². The molecule has 1 aliphatic carbocycles. The van der Waals surface area contributed by atoms with E-state index in [1.165, 1.54) is 6.20 Å². The Balaban J connectivity index is 1.81. The predicted octanol–water partition coefficient (Wildman–Crippen LogP) is 5.61. The summed E-state index contributed by atoms with van der Waals surface area (Å²) in [5, 5.41) is 10.7. The second-order valence-electron chi connectivity index (χ2n) is 9.33. The summed E-state index contributed by atoms with van der Waals surface area (Å²) in [5.41, 5.74) is 0.365. The molecule has 2 aliphatic rings. The quantitative estimate of drug-likeness (QED) is 0.490. The molecule has 184 valence electrons. The fraction of sp³-hybridized carbons (Fsp3) is 0.667. The minimum atomic E-state index is -2.77. The minimum absolute atomic E-state index is 0.0105. The summed E-state index contributed by atoms with van der Waals surface area (Å²) in [5.74, 6) is -0.281. The van der Waals surface area contributed by atoms with Gasteiger partial charge >= 0.3 is 0 Å². The maximum atomic E-state index is 13.4. The summed E-state index contributed by atoms with van der Waals surface area (Å²) in [6, 6.07) is -0.152. The van der Waals surface area contributed by atoms with Gasteiger partial charge in [0.15, 0.2) is 0 Å². The van der Waals surface area contributed by atoms with Gasteiger partial charge in [0.25, 0.3) is 6.43 Å². The van der Waals surface area contributed by atoms with E-state index in [2.05, 4.69) is 11.6 Å². The van der Waals surface area contributed by atoms with Crippen LogP contribution in [0.5, 0.6) is 0 Å². The van der Waals surface area contributed by atoms with Crippen molar-refractivity contribution in [3.05, 3.63) is 34.1 Å². The molecule has 0 unspecified atom stereocenters. The zero-order valence-electron chi connectivity index (χ0n) is 19.3. The Bertz CT molecular complexity index is 901. The van der Waals surface area contributed by atoms with Crippen molar-refractivity contribution in [3.63, 3.8) is 0 Å². The van der Waals surface area contributed by atoms with Crippen molar-refractivity contribution in [2.24, 2.45) is 17.3 Å². The maximum Gasteiger partial charge on any atom is 0.264 e. The number of hydrogen-bond donors (Lipinski definition) is 1. The Hall–Kier alpha value is -1.44. The number of fused-ring (bicyclic) bond motifs is 1. The summed E-state index contributed by atoms with van der Waals surface area (Å²) in [4.78, 5) is 19.4. The van der Waals surface area contributed by atoms with Gasteiger partial charge in [-0.2, -0.15) is 0 Å². The summed E-state index contributed by atoms with van der Waals surface area (Å²) in [6.07, 6.45) is -0.252. The van der Waals surface area contributed by atoms with Crippen molar-refractivity contribution >= 4 is 34.9 Å². The molecule has 33 heavy (non-hydrogen) atoms. The van der Waals surface area contributed by atoms with Crippen LogP contribution in [0.25, 0.3) is 5.76 Å². The van der Waals surface area contributed by atoms with E-state index in [-0.39, 0.29) is 34.3 Å². The van der Waals surface area contributed by atoms with E-state index in [1.807, 2.05) is 20.8 Å². The van der Waals surface area contributed by atoms with Crippen LogP contribution in [0.3, 0.4) is 0 Å². The first-order chi connectivity index (χ1) is 15.5. The van der Waals surface area contributed by atoms with E-state index in [4.69, 9.17) is 27.9 Å². The van der Waals surface area contributed by atoms with Gasteiger partial charge in [-0.25, -0.2) is 13.8 Å². The zero-order chi connectivity index (χ0) is 24.5. The van der Waals surface area contributed by atoms with Crippen LogP contribution in [-0.2, 0) is 16.0 Å². The lowest BCUT2D eigenvalue weighted by Gasteiger charge is -2.57. The van der Waals surface area contributed by atoms with E-state index in [0.717, 1.165) is 12.8 Å². The third kappa shape index (κ3) is 5.01. The third-order valence-corrected chi connectivity index (χ3v) is 8.39. The normalized spacial score (nSPS) is 28.4. The highest BCUT2D eigenvalue weighted by molar-refractivity contribution is 6.37. The lowest BCUT2D eigenvalue weighted by atomic mass is 9.54. The molecule has 0 aromatic carbocycles. The van der Waals surface area contributed by atoms with Crippen LogP contribution in [0.4, 0.5) is 8.78 Å². The molecule has 1 saturated carbocycles. The molecule has 2 heterocycles. The van der Waals surface area contributed by atoms with Crippen LogP contribution < -0.4 is 0 Å². The highest BCUT2D eigenvalue weighted by Crippen LogP contribution is 2.54. The molecule has 0 radical (unpaired) electrons. The number of aliphatic hydroxyl groups is 1. The molecule has 1 amide bonds. The fourth-order valence-electron chi connectivity index (χ4n) is 5.88. The summed E-state index contributed by atoms with van der Waals surface area (Å²) in [7, 11) is 0. The summed E-state index contributed by atoms with van der Waals surface area (Å²) in [6.45, 7) is 10.4. The molecule has 1 N–H and O–H groups in total. The summed E-state index contributed by atoms with van der Waals surface area (Å²) >= 11 is 12.9. The van der Waals surface area contributed by atoms with Gasteiger partial charge in [-0.05, 0) is 50.4 Å². The molecule has 1 aromatic rings. The largest absolute Gasteiger partial charge is 0.492 e. The number of likely N-dealkylation sites (tertiary alicyclic amines) is 1. The van der Waals surface area contributed by atoms with E-state index in [1.54, 1.807) is 4.90 Å². The number of aliphatic hydroxyl groups excluding tert-OH is 1. The van der Waals surface area contributed by atoms with Crippen LogP contribution >= 0.6 is 23.2 Å². The number of amides is 1. The smallest absolute Gasteiger partial charge is 0.264 e. The van der Waals surface area contributed by atoms with Gasteiger partial charge in [0, 0.05) is 24.3 Å². The van der Waals surface area contributed by atoms with Gasteiger partial charge in [-0.1, -0.05) is 43.1 Å². The van der Waals surface area contributed by atoms with Crippen LogP contribution in [0.1, 0.15) is 57.7 Å². The van der Waals surface area contributed by atoms with Crippen molar-refractivity contribution in [3.8, 4) is 0 Å². The monoisotopic (exact) mass is 504 g/mol. The molecular weight excluding hydrogens is 473 g/mol. The lowest BCUT2D eigenvalue weighted by molar-refractivity contribution is -0.156. The molecule has 5 nitrogen and oxygen atoms in total. The number of aromatic nitrogens is 1. The van der Waals surface area contributed by atoms with Gasteiger partial charge in [0.05, 0.1) is 23.1 Å². The molecule has 1 aromatic heterocycles. The van der Waals surface area contributed by atoms with Gasteiger partial charge in [-0.15, -0.1) is 0 Å². The highest BCUT2D eigenvalue weighted by atomic mass is 35.5. The second kappa shape index (κ2) is 10.4. The number of carbonyl (C=O) groups is 1. The molecular formula is C24H32Cl2F2N2O3. The van der Waals surface area contributed by atoms with E-state index in [0.29, 0.717) is 43.0 Å². The first-order valence-corrected chi connectivity index (χ1v) is 12.2. The van der Waals surface area contributed by atoms with Crippen molar-refractivity contribution in [1.29, 1.82) is 0 Å². The number of alkyl halides is 2. The highest BCUT2D eigenvalue weighted by Gasteiger charge is 2.53. The average molecular weight is 505 g/mol. The van der Waals surface area contributed by atoms with E-state index in [9.17, 15) is 18.7 Å². The van der Waals surface area contributed by atoms with Gasteiger partial charge in [0.2, 0.25) is 5.91 Å². The standard InChI is InChI=1S/C24H32Cl2F2N2O3/c1-5-33-14(3)21-20(26)15(18(25)12-29-21)11-19(31)30-10-9-24(4)16(13(30)2)7-6-8-17(24)22(32)23(27)28/h12-13,16-17,22-23,32H,3,5-11H2,1-2,4H3/t13-,16+,17-,22-,24+/m0/s1. The SMILES string of the molecule is C=C(OCC)c1ncc(Cl)c(CC(=O)N2CC[C@]3(C)[C@H](CCC[C@H]3[C@H](O)C(F)F)[C@@H]2C)c1Cl. The van der Waals surface area contributed by atoms with Crippen LogP contribution in [0, 0.1) is 17.3 Å². The second-order valence-corrected chi connectivity index (χ2v) is 10.1. The average Bonchev–Trinajstić information content (AvgIpc) is 2.75. The molecule has 1 saturated heterocycles. The van der Waals surface area contributed by atoms with Crippen molar-refractivity contribution in [2.75, 3.05) is 13.2 Å². The van der Waals surface area contributed by atoms with E-state index < -0.39 is 23.9 Å². The molecule has 0 spiro atoms. The molecule has 3 rings (SSSR count). The molecule has 5 atom stereocenters. The Labute approximate surface area is 204 Å². The zero-order valence-corrected chi connectivity index (χ0v) is 20.8. The van der Waals surface area contributed by atoms with Gasteiger partial charge < -0.3 is 14.7 Å². The molecule has 0 bridgehead atoms. The topological polar surface area (TPSA) is 62.7 Å². The van der Waals surface area contributed by atoms with Crippen LogP contribution in [0.2, 0.25) is 10.0 Å². The lowest BCUT2D eigenvalue weighted by Crippen LogP contribution is -2.59. The number of carbonyl (C=O) groups excluding carboxylic acids is 1. The molecule has 9 heteroatoms. The van der Waals surface area contributed by atoms with Crippen molar-refractivity contribution < 1.29 is 23.4 Å². The Morgan fingerprint density at radius 1 is 1.42 bits per heavy atom. The van der Waals surface area contributed by atoms with E-state index >= 15 is 0 Å². The van der Waals surface area contributed by atoms with Crippen LogP contribution in [0.15, 0.2) is 12.8 Å². The Morgan fingerprint density at radius 2 is 2.12 bits per heavy atom. The number of hydrogen-bond acceptors (Lipinski definition) is 4. The number of halogens is 4. The Kier molecular flexibility index (Phi) is 8.28. The van der Waals surface area contributed by atoms with Gasteiger partial charge in [0.1, 0.15) is 17.6 Å². The maximum absolute atomic E-state index is 13.4. The van der Waals surface area contributed by atoms with Crippen molar-refractivity contribution in [2.45, 2.75) is 71.4 Å². The number of nitrogens with zero attached hydrogens (tertiary/aromatic N) is 2. The number of pyridine rings is 1. The Morgan fingerprint density at radius 3 is 2.76 bits per heavy atom. The minimum Gasteiger partial charge on any atom is -0.492 e. The first kappa shape index (κ1) is 26.2.